The number of carbonyl (C=O) groups excluding carboxylic acids is 1. The first-order valence-electron chi connectivity index (χ1n) is 7.82. The van der Waals surface area contributed by atoms with E-state index in [2.05, 4.69) is 35.3 Å². The predicted molar refractivity (Wildman–Crippen MR) is 91.4 cm³/mol. The molecule has 4 heteroatoms. The molecule has 2 aromatic carbocycles. The summed E-state index contributed by atoms with van der Waals surface area (Å²) in [4.78, 5) is 14.6. The summed E-state index contributed by atoms with van der Waals surface area (Å²) in [6.45, 7) is 2.43. The molecule has 0 radical (unpaired) electrons. The zero-order valence-corrected chi connectivity index (χ0v) is 13.1. The summed E-state index contributed by atoms with van der Waals surface area (Å²) in [6, 6.07) is 17.7. The molecule has 0 fully saturated rings. The maximum absolute atomic E-state index is 12.4. The van der Waals surface area contributed by atoms with Crippen molar-refractivity contribution in [2.45, 2.75) is 25.8 Å². The second kappa shape index (κ2) is 6.53. The lowest BCUT2D eigenvalue weighted by molar-refractivity contribution is -0.115. The van der Waals surface area contributed by atoms with Crippen LogP contribution >= 0.6 is 0 Å². The van der Waals surface area contributed by atoms with Crippen molar-refractivity contribution in [1.29, 1.82) is 5.26 Å². The fourth-order valence-electron chi connectivity index (χ4n) is 3.04. The molecular formula is C19H19N3O. The standard InChI is InChI=1S/C19H19N3O/c1-14-10-11-15-6-3-5-9-18(15)22(14)13-19(23)21-17-8-4-2-7-16(17)12-20/h2-9,14H,10-11,13H2,1H3,(H,21,23)/t14-/m1/s1. The first-order chi connectivity index (χ1) is 11.2. The third-order valence-electron chi connectivity index (χ3n) is 4.30. The second-order valence-electron chi connectivity index (χ2n) is 5.85. The number of aryl methyl sites for hydroxylation is 1. The number of benzene rings is 2. The van der Waals surface area contributed by atoms with Crippen LogP contribution in [0.5, 0.6) is 0 Å². The van der Waals surface area contributed by atoms with Crippen molar-refractivity contribution in [1.82, 2.24) is 0 Å². The van der Waals surface area contributed by atoms with E-state index in [0.717, 1.165) is 18.5 Å². The van der Waals surface area contributed by atoms with Crippen molar-refractivity contribution in [2.24, 2.45) is 0 Å². The summed E-state index contributed by atoms with van der Waals surface area (Å²) in [5, 5.41) is 12.0. The van der Waals surface area contributed by atoms with Crippen LogP contribution in [0.25, 0.3) is 0 Å². The maximum atomic E-state index is 12.4. The number of hydrogen-bond donors (Lipinski definition) is 1. The number of rotatable bonds is 3. The van der Waals surface area contributed by atoms with Crippen LogP contribution < -0.4 is 10.2 Å². The Morgan fingerprint density at radius 2 is 2.00 bits per heavy atom. The Bertz CT molecular complexity index is 763. The molecule has 1 amide bonds. The highest BCUT2D eigenvalue weighted by Crippen LogP contribution is 2.30. The zero-order valence-electron chi connectivity index (χ0n) is 13.1. The van der Waals surface area contributed by atoms with Gasteiger partial charge in [-0.25, -0.2) is 0 Å². The highest BCUT2D eigenvalue weighted by atomic mass is 16.2. The molecule has 3 rings (SSSR count). The van der Waals surface area contributed by atoms with Crippen LogP contribution in [0.3, 0.4) is 0 Å². The van der Waals surface area contributed by atoms with E-state index < -0.39 is 0 Å². The van der Waals surface area contributed by atoms with Crippen LogP contribution in [0, 0.1) is 11.3 Å². The molecule has 2 aromatic rings. The minimum Gasteiger partial charge on any atom is -0.359 e. The number of nitrogens with zero attached hydrogens (tertiary/aromatic N) is 2. The molecule has 23 heavy (non-hydrogen) atoms. The molecule has 0 unspecified atom stereocenters. The summed E-state index contributed by atoms with van der Waals surface area (Å²) in [5.41, 5.74) is 3.47. The van der Waals surface area contributed by atoms with Gasteiger partial charge in [0.2, 0.25) is 5.91 Å². The quantitative estimate of drug-likeness (QED) is 0.946. The van der Waals surface area contributed by atoms with E-state index in [0.29, 0.717) is 17.3 Å². The van der Waals surface area contributed by atoms with Crippen LogP contribution in [-0.2, 0) is 11.2 Å². The monoisotopic (exact) mass is 305 g/mol. The minimum atomic E-state index is -0.101. The largest absolute Gasteiger partial charge is 0.359 e. The van der Waals surface area contributed by atoms with Gasteiger partial charge in [0, 0.05) is 11.7 Å². The van der Waals surface area contributed by atoms with Crippen molar-refractivity contribution in [3.05, 3.63) is 59.7 Å². The first kappa shape index (κ1) is 15.1. The number of fused-ring (bicyclic) bond motifs is 1. The van der Waals surface area contributed by atoms with Gasteiger partial charge in [0.05, 0.1) is 17.8 Å². The van der Waals surface area contributed by atoms with Gasteiger partial charge in [-0.1, -0.05) is 30.3 Å². The van der Waals surface area contributed by atoms with Gasteiger partial charge in [-0.15, -0.1) is 0 Å². The Kier molecular flexibility index (Phi) is 4.29. The average Bonchev–Trinajstić information content (AvgIpc) is 2.58. The van der Waals surface area contributed by atoms with Gasteiger partial charge in [-0.2, -0.15) is 5.26 Å². The lowest BCUT2D eigenvalue weighted by Crippen LogP contribution is -2.42. The van der Waals surface area contributed by atoms with Crippen LogP contribution in [0.1, 0.15) is 24.5 Å². The third-order valence-corrected chi connectivity index (χ3v) is 4.30. The fraction of sp³-hybridized carbons (Fsp3) is 0.263. The van der Waals surface area contributed by atoms with Crippen LogP contribution in [-0.4, -0.2) is 18.5 Å². The van der Waals surface area contributed by atoms with E-state index in [9.17, 15) is 4.79 Å². The molecule has 1 N–H and O–H groups in total. The van der Waals surface area contributed by atoms with E-state index in [1.54, 1.807) is 18.2 Å². The number of nitrogens with one attached hydrogen (secondary N) is 1. The van der Waals surface area contributed by atoms with Gasteiger partial charge in [-0.3, -0.25) is 4.79 Å². The van der Waals surface area contributed by atoms with Crippen molar-refractivity contribution in [3.8, 4) is 6.07 Å². The molecule has 1 aliphatic heterocycles. The third kappa shape index (κ3) is 3.19. The molecule has 1 heterocycles. The molecule has 1 aliphatic rings. The number of hydrogen-bond acceptors (Lipinski definition) is 3. The van der Waals surface area contributed by atoms with Gasteiger partial charge in [0.25, 0.3) is 0 Å². The molecule has 0 aliphatic carbocycles. The average molecular weight is 305 g/mol. The SMILES string of the molecule is C[C@@H]1CCc2ccccc2N1CC(=O)Nc1ccccc1C#N. The van der Waals surface area contributed by atoms with Crippen molar-refractivity contribution in [3.63, 3.8) is 0 Å². The lowest BCUT2D eigenvalue weighted by Gasteiger charge is -2.36. The molecule has 0 bridgehead atoms. The molecular weight excluding hydrogens is 286 g/mol. The summed E-state index contributed by atoms with van der Waals surface area (Å²) >= 11 is 0. The molecule has 0 saturated carbocycles. The molecule has 0 spiro atoms. The molecule has 0 aromatic heterocycles. The first-order valence-corrected chi connectivity index (χ1v) is 7.82. The van der Waals surface area contributed by atoms with Crippen molar-refractivity contribution in [2.75, 3.05) is 16.8 Å². The van der Waals surface area contributed by atoms with Gasteiger partial charge in [0.15, 0.2) is 0 Å². The molecule has 4 nitrogen and oxygen atoms in total. The van der Waals surface area contributed by atoms with E-state index in [-0.39, 0.29) is 12.5 Å². The van der Waals surface area contributed by atoms with E-state index in [4.69, 9.17) is 5.26 Å². The van der Waals surface area contributed by atoms with Gasteiger partial charge >= 0.3 is 0 Å². The molecule has 1 atom stereocenters. The Labute approximate surface area is 136 Å². The Balaban J connectivity index is 1.77. The smallest absolute Gasteiger partial charge is 0.243 e. The Morgan fingerprint density at radius 3 is 2.83 bits per heavy atom. The topological polar surface area (TPSA) is 56.1 Å². The number of anilines is 2. The maximum Gasteiger partial charge on any atom is 0.243 e. The van der Waals surface area contributed by atoms with Crippen LogP contribution in [0.15, 0.2) is 48.5 Å². The Hall–Kier alpha value is -2.80. The Morgan fingerprint density at radius 1 is 1.26 bits per heavy atom. The van der Waals surface area contributed by atoms with Gasteiger partial charge in [0.1, 0.15) is 6.07 Å². The summed E-state index contributed by atoms with van der Waals surface area (Å²) in [5.74, 6) is -0.101. The molecule has 116 valence electrons. The van der Waals surface area contributed by atoms with Crippen molar-refractivity contribution >= 4 is 17.3 Å². The van der Waals surface area contributed by atoms with Gasteiger partial charge in [-0.05, 0) is 43.5 Å². The second-order valence-corrected chi connectivity index (χ2v) is 5.85. The zero-order chi connectivity index (χ0) is 16.2. The van der Waals surface area contributed by atoms with Crippen LogP contribution in [0.4, 0.5) is 11.4 Å². The highest BCUT2D eigenvalue weighted by molar-refractivity contribution is 5.95. The van der Waals surface area contributed by atoms with E-state index in [1.165, 1.54) is 5.56 Å². The number of amides is 1. The molecule has 0 saturated heterocycles. The lowest BCUT2D eigenvalue weighted by atomic mass is 9.96. The number of nitriles is 1. The van der Waals surface area contributed by atoms with E-state index >= 15 is 0 Å². The summed E-state index contributed by atoms with van der Waals surface area (Å²) in [6.07, 6.45) is 2.09. The van der Waals surface area contributed by atoms with Crippen molar-refractivity contribution < 1.29 is 4.79 Å². The number of carbonyl (C=O) groups is 1. The summed E-state index contributed by atoms with van der Waals surface area (Å²) in [7, 11) is 0. The van der Waals surface area contributed by atoms with E-state index in [1.807, 2.05) is 18.2 Å². The van der Waals surface area contributed by atoms with Crippen LogP contribution in [0.2, 0.25) is 0 Å². The highest BCUT2D eigenvalue weighted by Gasteiger charge is 2.24. The minimum absolute atomic E-state index is 0.101. The normalized spacial score (nSPS) is 16.3. The fourth-order valence-corrected chi connectivity index (χ4v) is 3.04. The summed E-state index contributed by atoms with van der Waals surface area (Å²) < 4.78 is 0. The van der Waals surface area contributed by atoms with Gasteiger partial charge < -0.3 is 10.2 Å². The predicted octanol–water partition coefficient (Wildman–Crippen LogP) is 3.34. The number of para-hydroxylation sites is 2.